The summed E-state index contributed by atoms with van der Waals surface area (Å²) in [6, 6.07) is 13.2. The van der Waals surface area contributed by atoms with Crippen LogP contribution in [-0.4, -0.2) is 57.1 Å². The van der Waals surface area contributed by atoms with Crippen LogP contribution in [-0.2, 0) is 26.2 Å². The number of nitrogens with zero attached hydrogens (tertiary/aromatic N) is 2. The van der Waals surface area contributed by atoms with E-state index in [0.29, 0.717) is 16.5 Å². The van der Waals surface area contributed by atoms with E-state index in [4.69, 9.17) is 16.3 Å². The van der Waals surface area contributed by atoms with Crippen LogP contribution >= 0.6 is 11.6 Å². The number of ether oxygens (including phenoxy) is 1. The van der Waals surface area contributed by atoms with Crippen LogP contribution in [0.15, 0.2) is 48.5 Å². The molecule has 0 fully saturated rings. The van der Waals surface area contributed by atoms with Crippen molar-refractivity contribution in [3.8, 4) is 5.75 Å². The summed E-state index contributed by atoms with van der Waals surface area (Å²) in [5.41, 5.74) is 1.13. The predicted molar refractivity (Wildman–Crippen MR) is 139 cm³/mol. The summed E-state index contributed by atoms with van der Waals surface area (Å²) in [5, 5.41) is 3.34. The second-order valence-electron chi connectivity index (χ2n) is 8.56. The van der Waals surface area contributed by atoms with E-state index in [1.54, 1.807) is 43.3 Å². The third-order valence-corrected chi connectivity index (χ3v) is 6.95. The minimum atomic E-state index is -3.62. The smallest absolute Gasteiger partial charge is 0.242 e. The summed E-state index contributed by atoms with van der Waals surface area (Å²) in [7, 11) is -2.15. The SMILES string of the molecule is COc1ccccc1N(CCCC(=O)N(Cc1ccccc1Cl)C(C)C(=O)NC(C)C)S(C)(=O)=O. The van der Waals surface area contributed by atoms with Gasteiger partial charge in [-0.3, -0.25) is 13.9 Å². The molecule has 0 bridgehead atoms. The minimum absolute atomic E-state index is 0.0465. The van der Waals surface area contributed by atoms with Gasteiger partial charge in [0.05, 0.1) is 19.1 Å². The van der Waals surface area contributed by atoms with Gasteiger partial charge >= 0.3 is 0 Å². The van der Waals surface area contributed by atoms with Crippen molar-refractivity contribution >= 4 is 39.1 Å². The lowest BCUT2D eigenvalue weighted by molar-refractivity contribution is -0.140. The molecule has 0 saturated heterocycles. The number of methoxy groups -OCH3 is 1. The number of rotatable bonds is 12. The van der Waals surface area contributed by atoms with Gasteiger partial charge in [-0.25, -0.2) is 8.42 Å². The molecule has 1 unspecified atom stereocenters. The highest BCUT2D eigenvalue weighted by Gasteiger charge is 2.28. The molecule has 192 valence electrons. The summed E-state index contributed by atoms with van der Waals surface area (Å²) in [5.74, 6) is -0.124. The molecular formula is C25H34ClN3O5S. The first kappa shape index (κ1) is 28.5. The Morgan fingerprint density at radius 3 is 2.29 bits per heavy atom. The maximum absolute atomic E-state index is 13.3. The number of carbonyl (C=O) groups excluding carboxylic acids is 2. The monoisotopic (exact) mass is 523 g/mol. The van der Waals surface area contributed by atoms with Gasteiger partial charge in [0.2, 0.25) is 21.8 Å². The third-order valence-electron chi connectivity index (χ3n) is 5.40. The van der Waals surface area contributed by atoms with E-state index >= 15 is 0 Å². The maximum atomic E-state index is 13.3. The fourth-order valence-electron chi connectivity index (χ4n) is 3.62. The lowest BCUT2D eigenvalue weighted by Crippen LogP contribution is -2.49. The molecule has 0 heterocycles. The molecule has 2 rings (SSSR count). The zero-order valence-electron chi connectivity index (χ0n) is 20.8. The molecular weight excluding hydrogens is 490 g/mol. The van der Waals surface area contributed by atoms with Crippen LogP contribution in [0.1, 0.15) is 39.2 Å². The van der Waals surface area contributed by atoms with E-state index in [9.17, 15) is 18.0 Å². The number of nitrogens with one attached hydrogen (secondary N) is 1. The van der Waals surface area contributed by atoms with E-state index in [-0.39, 0.29) is 43.8 Å². The molecule has 35 heavy (non-hydrogen) atoms. The van der Waals surface area contributed by atoms with E-state index in [1.807, 2.05) is 26.0 Å². The molecule has 2 aromatic carbocycles. The number of halogens is 1. The average Bonchev–Trinajstić information content (AvgIpc) is 2.79. The number of anilines is 1. The van der Waals surface area contributed by atoms with Crippen LogP contribution in [0.2, 0.25) is 5.02 Å². The number of para-hydroxylation sites is 2. The molecule has 0 aliphatic heterocycles. The highest BCUT2D eigenvalue weighted by molar-refractivity contribution is 7.92. The van der Waals surface area contributed by atoms with Gasteiger partial charge in [-0.05, 0) is 51.0 Å². The van der Waals surface area contributed by atoms with Gasteiger partial charge in [0.1, 0.15) is 11.8 Å². The molecule has 0 spiro atoms. The van der Waals surface area contributed by atoms with Crippen LogP contribution in [0.5, 0.6) is 5.75 Å². The van der Waals surface area contributed by atoms with Crippen LogP contribution in [0, 0.1) is 0 Å². The second-order valence-corrected chi connectivity index (χ2v) is 10.9. The van der Waals surface area contributed by atoms with Crippen molar-refractivity contribution in [3.63, 3.8) is 0 Å². The Morgan fingerprint density at radius 2 is 1.69 bits per heavy atom. The molecule has 0 aliphatic carbocycles. The van der Waals surface area contributed by atoms with Gasteiger partial charge in [-0.2, -0.15) is 0 Å². The van der Waals surface area contributed by atoms with Gasteiger partial charge in [0.25, 0.3) is 0 Å². The fraction of sp³-hybridized carbons (Fsp3) is 0.440. The molecule has 1 atom stereocenters. The number of carbonyl (C=O) groups is 2. The normalized spacial score (nSPS) is 12.2. The van der Waals surface area contributed by atoms with Gasteiger partial charge < -0.3 is 15.0 Å². The van der Waals surface area contributed by atoms with Crippen molar-refractivity contribution < 1.29 is 22.7 Å². The number of benzene rings is 2. The summed E-state index contributed by atoms with van der Waals surface area (Å²) in [4.78, 5) is 27.5. The Labute approximate surface area is 213 Å². The number of amides is 2. The van der Waals surface area contributed by atoms with Gasteiger partial charge in [0.15, 0.2) is 0 Å². The van der Waals surface area contributed by atoms with E-state index in [1.165, 1.54) is 16.3 Å². The third kappa shape index (κ3) is 8.14. The largest absolute Gasteiger partial charge is 0.495 e. The quantitative estimate of drug-likeness (QED) is 0.456. The van der Waals surface area contributed by atoms with Crippen molar-refractivity contribution in [3.05, 3.63) is 59.1 Å². The predicted octanol–water partition coefficient (Wildman–Crippen LogP) is 3.84. The molecule has 0 aliphatic rings. The lowest BCUT2D eigenvalue weighted by Gasteiger charge is -2.30. The number of sulfonamides is 1. The second kappa shape index (κ2) is 12.8. The van der Waals surface area contributed by atoms with Gasteiger partial charge in [-0.15, -0.1) is 0 Å². The maximum Gasteiger partial charge on any atom is 0.242 e. The summed E-state index contributed by atoms with van der Waals surface area (Å²) in [6.07, 6.45) is 1.41. The molecule has 10 heteroatoms. The van der Waals surface area contributed by atoms with Crippen molar-refractivity contribution in [1.29, 1.82) is 0 Å². The Kier molecular flexibility index (Phi) is 10.4. The molecule has 2 aromatic rings. The lowest BCUT2D eigenvalue weighted by atomic mass is 10.1. The minimum Gasteiger partial charge on any atom is -0.495 e. The highest BCUT2D eigenvalue weighted by Crippen LogP contribution is 2.30. The number of hydrogen-bond acceptors (Lipinski definition) is 5. The molecule has 2 amide bonds. The molecule has 1 N–H and O–H groups in total. The first-order chi connectivity index (χ1) is 16.5. The van der Waals surface area contributed by atoms with Gasteiger partial charge in [0, 0.05) is 30.6 Å². The fourth-order valence-corrected chi connectivity index (χ4v) is 4.78. The van der Waals surface area contributed by atoms with Crippen LogP contribution in [0.3, 0.4) is 0 Å². The average molecular weight is 524 g/mol. The summed E-state index contributed by atoms with van der Waals surface area (Å²) < 4.78 is 31.5. The van der Waals surface area contributed by atoms with E-state index < -0.39 is 16.1 Å². The summed E-state index contributed by atoms with van der Waals surface area (Å²) in [6.45, 7) is 5.61. The van der Waals surface area contributed by atoms with E-state index in [2.05, 4.69) is 5.32 Å². The number of hydrogen-bond donors (Lipinski definition) is 1. The topological polar surface area (TPSA) is 96.0 Å². The Bertz CT molecular complexity index is 1120. The Morgan fingerprint density at radius 1 is 1.06 bits per heavy atom. The molecule has 0 saturated carbocycles. The van der Waals surface area contributed by atoms with Crippen LogP contribution in [0.25, 0.3) is 0 Å². The van der Waals surface area contributed by atoms with Gasteiger partial charge in [-0.1, -0.05) is 41.9 Å². The first-order valence-electron chi connectivity index (χ1n) is 11.4. The first-order valence-corrected chi connectivity index (χ1v) is 13.6. The van der Waals surface area contributed by atoms with Crippen LogP contribution < -0.4 is 14.4 Å². The zero-order valence-corrected chi connectivity index (χ0v) is 22.4. The Hall–Kier alpha value is -2.78. The molecule has 8 nitrogen and oxygen atoms in total. The standard InChI is InChI=1S/C25H34ClN3O5S/c1-18(2)27-25(31)19(3)28(17-20-11-6-7-12-21(20)26)24(30)15-10-16-29(35(5,32)33)22-13-8-9-14-23(22)34-4/h6-9,11-14,18-19H,10,15-17H2,1-5H3,(H,27,31). The van der Waals surface area contributed by atoms with Crippen molar-refractivity contribution in [1.82, 2.24) is 10.2 Å². The molecule has 0 aromatic heterocycles. The van der Waals surface area contributed by atoms with Crippen molar-refractivity contribution in [2.24, 2.45) is 0 Å². The van der Waals surface area contributed by atoms with Crippen molar-refractivity contribution in [2.45, 2.75) is 52.2 Å². The molecule has 0 radical (unpaired) electrons. The Balaban J connectivity index is 2.21. The van der Waals surface area contributed by atoms with Crippen molar-refractivity contribution in [2.75, 3.05) is 24.2 Å². The zero-order chi connectivity index (χ0) is 26.2. The summed E-state index contributed by atoms with van der Waals surface area (Å²) >= 11 is 6.31. The highest BCUT2D eigenvalue weighted by atomic mass is 35.5. The van der Waals surface area contributed by atoms with E-state index in [0.717, 1.165) is 11.8 Å². The van der Waals surface area contributed by atoms with Crippen LogP contribution in [0.4, 0.5) is 5.69 Å².